The van der Waals surface area contributed by atoms with E-state index in [1.807, 2.05) is 0 Å². The molecule has 1 unspecified atom stereocenters. The fourth-order valence-electron chi connectivity index (χ4n) is 8.75. The molecule has 1 N–H and O–H groups in total. The first kappa shape index (κ1) is 32.3. The van der Waals surface area contributed by atoms with Crippen molar-refractivity contribution in [2.75, 3.05) is 0 Å². The predicted molar refractivity (Wildman–Crippen MR) is 147 cm³/mol. The Bertz CT molecular complexity index is 984. The Morgan fingerprint density at radius 3 is 1.62 bits per heavy atom. The van der Waals surface area contributed by atoms with Crippen molar-refractivity contribution in [2.24, 2.45) is 5.92 Å². The molecule has 2 nitrogen and oxygen atoms in total. The van der Waals surface area contributed by atoms with Gasteiger partial charge in [-0.25, -0.2) is 0 Å². The average Bonchev–Trinajstić information content (AvgIpc) is 2.48. The van der Waals surface area contributed by atoms with Gasteiger partial charge in [0.1, 0.15) is 0 Å². The zero-order chi connectivity index (χ0) is 22.3. The van der Waals surface area contributed by atoms with Crippen LogP contribution in [0.4, 0.5) is 0 Å². The Hall–Kier alpha value is 1.17. The number of nitrogens with one attached hydrogen (secondary N) is 1. The van der Waals surface area contributed by atoms with Crippen LogP contribution in [0.5, 0.6) is 0 Å². The number of hydrogen-bond acceptors (Lipinski definition) is 2. The normalized spacial score (nSPS) is 26.1. The molecular formula is C22H53Cl2NOSi2Zr. The molecule has 0 aromatic rings. The fraction of sp³-hybridized carbons (Fsp3) is 0.773. The molecule has 1 aliphatic carbocycles. The SMILES string of the molecule is Cl.Cl.[CH2]=[Zr]([CH3])([CH3])([CH3])([SiH3])([CH2]C)([NH]C(C)(C)C)([O][Si](C)(C)C)[C]1=C(C)C(C)=C(C)C1C. The standard InChI is InChI=1S/C9H13.C4H10N.C3H9OSi.C2H5.3CH3.CH2.2ClH.H3Si.Zr/c1-6-5-7(2)9(4)8(6)3;1-4(2,3)5;1-5(2,3)4;1-2;;;;;;;;/h6H,1-4H3;5H,1-3H3;1-3H3;1H2,2H3;3*1H3;1H2;2*1H;1H3;/q;2*-1;;;;;;;;;+2. The summed E-state index contributed by atoms with van der Waals surface area (Å²) in [6.07, 6.45) is 0. The minimum absolute atomic E-state index is 0. The van der Waals surface area contributed by atoms with Crippen LogP contribution in [0.25, 0.3) is 0 Å². The minimum atomic E-state index is -6.22. The predicted octanol–water partition coefficient (Wildman–Crippen LogP) is 7.29. The molecule has 0 amide bonds. The van der Waals surface area contributed by atoms with Crippen LogP contribution in [0.15, 0.2) is 20.0 Å². The van der Waals surface area contributed by atoms with Crippen molar-refractivity contribution in [3.05, 3.63) is 20.0 Å². The first-order valence-corrected chi connectivity index (χ1v) is 37.1. The summed E-state index contributed by atoms with van der Waals surface area (Å²) in [5.74, 6) is 0.333. The van der Waals surface area contributed by atoms with E-state index in [-0.39, 0.29) is 30.4 Å². The van der Waals surface area contributed by atoms with Crippen molar-refractivity contribution >= 4 is 44.7 Å². The van der Waals surface area contributed by atoms with E-state index < -0.39 is 20.6 Å². The van der Waals surface area contributed by atoms with Crippen LogP contribution in [0.3, 0.4) is 0 Å². The van der Waals surface area contributed by atoms with Crippen LogP contribution in [-0.4, -0.2) is 25.4 Å². The third-order valence-electron chi connectivity index (χ3n) is 8.63. The summed E-state index contributed by atoms with van der Waals surface area (Å²) in [5.41, 5.74) is 4.16. The Morgan fingerprint density at radius 1 is 1.03 bits per heavy atom. The molecule has 0 aromatic carbocycles. The fourth-order valence-corrected chi connectivity index (χ4v) is 91.2. The molecule has 7 heteroatoms. The molecule has 0 saturated heterocycles. The first-order valence-electron chi connectivity index (χ1n) is 11.0. The van der Waals surface area contributed by atoms with Gasteiger partial charge in [0, 0.05) is 0 Å². The van der Waals surface area contributed by atoms with Crippen molar-refractivity contribution < 1.29 is 14.8 Å². The van der Waals surface area contributed by atoms with Gasteiger partial charge in [0.05, 0.1) is 0 Å². The maximum absolute atomic E-state index is 7.87. The molecule has 1 rings (SSSR count). The van der Waals surface area contributed by atoms with Crippen LogP contribution in [0.1, 0.15) is 55.4 Å². The first-order chi connectivity index (χ1) is 11.0. The van der Waals surface area contributed by atoms with Gasteiger partial charge >= 0.3 is 162 Å². The van der Waals surface area contributed by atoms with Gasteiger partial charge in [-0.1, -0.05) is 0 Å². The van der Waals surface area contributed by atoms with Crippen molar-refractivity contribution in [1.29, 1.82) is 0 Å². The number of halogens is 2. The summed E-state index contributed by atoms with van der Waals surface area (Å²) in [6.45, 7) is 25.4. The van der Waals surface area contributed by atoms with Crippen LogP contribution < -0.4 is 3.26 Å². The third kappa shape index (κ3) is 4.77. The van der Waals surface area contributed by atoms with E-state index in [1.165, 1.54) is 20.0 Å². The Labute approximate surface area is 186 Å². The van der Waals surface area contributed by atoms with Crippen molar-refractivity contribution in [3.63, 3.8) is 0 Å². The molecule has 178 valence electrons. The molecule has 0 radical (unpaired) electrons. The summed E-state index contributed by atoms with van der Waals surface area (Å²) in [6, 6.07) is 0. The van der Waals surface area contributed by atoms with Gasteiger partial charge in [0.25, 0.3) is 0 Å². The quantitative estimate of drug-likeness (QED) is 0.354. The van der Waals surface area contributed by atoms with Gasteiger partial charge < -0.3 is 0 Å². The number of rotatable bonds is 5. The molecule has 0 spiro atoms. The van der Waals surface area contributed by atoms with Crippen LogP contribution in [-0.2, 0) is 14.8 Å². The molecule has 1 atom stereocenters. The molecule has 0 heterocycles. The molecule has 0 aliphatic heterocycles. The van der Waals surface area contributed by atoms with Gasteiger partial charge in [-0.05, 0) is 0 Å². The van der Waals surface area contributed by atoms with Gasteiger partial charge in [0.15, 0.2) is 0 Å². The topological polar surface area (TPSA) is 21.3 Å². The monoisotopic (exact) mass is 563 g/mol. The summed E-state index contributed by atoms with van der Waals surface area (Å²) in [5, 5.41) is 0. The van der Waals surface area contributed by atoms with E-state index in [9.17, 15) is 0 Å². The molecule has 29 heavy (non-hydrogen) atoms. The van der Waals surface area contributed by atoms with Crippen molar-refractivity contribution in [1.82, 2.24) is 3.26 Å². The number of hydrogen-bond donors (Lipinski definition) is 1. The Balaban J connectivity index is 0. The van der Waals surface area contributed by atoms with E-state index in [0.717, 1.165) is 11.5 Å². The number of allylic oxidation sites excluding steroid dienone is 4. The van der Waals surface area contributed by atoms with E-state index in [4.69, 9.17) is 6.71 Å². The molecule has 0 aromatic heterocycles. The second-order valence-corrected chi connectivity index (χ2v) is 113. The second-order valence-electron chi connectivity index (χ2n) is 18.2. The summed E-state index contributed by atoms with van der Waals surface area (Å²) in [4.78, 5) is 0. The van der Waals surface area contributed by atoms with E-state index in [0.29, 0.717) is 5.92 Å². The van der Waals surface area contributed by atoms with Crippen LogP contribution >= 0.6 is 24.8 Å². The molecular weight excluding hydrogens is 513 g/mol. The summed E-state index contributed by atoms with van der Waals surface area (Å²) < 4.78 is 27.6. The third-order valence-corrected chi connectivity index (χ3v) is 63.9. The molecule has 0 bridgehead atoms. The van der Waals surface area contributed by atoms with Gasteiger partial charge in [-0.15, -0.1) is 24.8 Å². The van der Waals surface area contributed by atoms with Crippen molar-refractivity contribution in [3.8, 4) is 0 Å². The molecule has 0 saturated carbocycles. The molecule has 0 fully saturated rings. The Morgan fingerprint density at radius 2 is 1.41 bits per heavy atom. The zero-order valence-electron chi connectivity index (χ0n) is 22.2. The van der Waals surface area contributed by atoms with E-state index in [2.05, 4.69) is 92.2 Å². The van der Waals surface area contributed by atoms with E-state index >= 15 is 0 Å². The van der Waals surface area contributed by atoms with Gasteiger partial charge in [-0.2, -0.15) is 0 Å². The summed E-state index contributed by atoms with van der Waals surface area (Å²) in [7, 11) is -1.20. The van der Waals surface area contributed by atoms with E-state index in [1.54, 1.807) is 0 Å². The summed E-state index contributed by atoms with van der Waals surface area (Å²) >= 11 is -6.22. The van der Waals surface area contributed by atoms with Crippen LogP contribution in [0, 0.1) is 5.92 Å². The van der Waals surface area contributed by atoms with Crippen LogP contribution in [0.2, 0.25) is 37.7 Å². The second kappa shape index (κ2) is 5.13. The maximum atomic E-state index is 7.87. The molecule has 1 aliphatic rings. The van der Waals surface area contributed by atoms with Gasteiger partial charge in [-0.3, -0.25) is 0 Å². The zero-order valence-corrected chi connectivity index (χ0v) is 29.3. The average molecular weight is 566 g/mol. The van der Waals surface area contributed by atoms with Crippen molar-refractivity contribution in [2.45, 2.75) is 98.6 Å². The Kier molecular flexibility index (Phi) is 5.72. The van der Waals surface area contributed by atoms with Gasteiger partial charge in [0.2, 0.25) is 0 Å².